The fraction of sp³-hybridized carbons (Fsp3) is 0.571. The summed E-state index contributed by atoms with van der Waals surface area (Å²) in [5.41, 5.74) is 1.14. The average Bonchev–Trinajstić information content (AvgIpc) is 2.42. The fourth-order valence-corrected chi connectivity index (χ4v) is 1.86. The molecule has 0 spiro atoms. The third kappa shape index (κ3) is 4.20. The van der Waals surface area contributed by atoms with Crippen molar-refractivity contribution in [2.75, 3.05) is 20.8 Å². The van der Waals surface area contributed by atoms with E-state index in [2.05, 4.69) is 12.2 Å². The molecule has 0 aliphatic rings. The Bertz CT molecular complexity index is 355. The lowest BCUT2D eigenvalue weighted by Gasteiger charge is -2.16. The van der Waals surface area contributed by atoms with E-state index in [0.717, 1.165) is 36.4 Å². The van der Waals surface area contributed by atoms with Gasteiger partial charge in [0.2, 0.25) is 0 Å². The molecule has 18 heavy (non-hydrogen) atoms. The highest BCUT2D eigenvalue weighted by atomic mass is 16.5. The van der Waals surface area contributed by atoms with Gasteiger partial charge in [-0.25, -0.2) is 0 Å². The average molecular weight is 253 g/mol. The second-order valence-corrected chi connectivity index (χ2v) is 4.19. The van der Waals surface area contributed by atoms with Crippen LogP contribution in [0.4, 0.5) is 0 Å². The van der Waals surface area contributed by atoms with Gasteiger partial charge in [0.05, 0.1) is 14.2 Å². The van der Waals surface area contributed by atoms with Gasteiger partial charge in [-0.1, -0.05) is 13.0 Å². The van der Waals surface area contributed by atoms with Gasteiger partial charge in [-0.05, 0) is 30.5 Å². The third-order valence-electron chi connectivity index (χ3n) is 3.01. The van der Waals surface area contributed by atoms with Gasteiger partial charge in [-0.2, -0.15) is 0 Å². The highest BCUT2D eigenvalue weighted by Crippen LogP contribution is 2.27. The van der Waals surface area contributed by atoms with E-state index in [9.17, 15) is 0 Å². The lowest BCUT2D eigenvalue weighted by atomic mass is 10.1. The molecule has 0 bridgehead atoms. The van der Waals surface area contributed by atoms with Crippen molar-refractivity contribution in [3.8, 4) is 11.5 Å². The smallest absolute Gasteiger partial charge is 0.161 e. The fourth-order valence-electron chi connectivity index (χ4n) is 1.86. The molecule has 2 N–H and O–H groups in total. The zero-order chi connectivity index (χ0) is 13.4. The van der Waals surface area contributed by atoms with Gasteiger partial charge in [-0.3, -0.25) is 0 Å². The molecule has 0 aromatic heterocycles. The third-order valence-corrected chi connectivity index (χ3v) is 3.01. The zero-order valence-electron chi connectivity index (χ0n) is 11.4. The Labute approximate surface area is 109 Å². The summed E-state index contributed by atoms with van der Waals surface area (Å²) in [4.78, 5) is 0. The number of methoxy groups -OCH3 is 2. The summed E-state index contributed by atoms with van der Waals surface area (Å²) in [6.45, 7) is 3.10. The molecule has 4 nitrogen and oxygen atoms in total. The van der Waals surface area contributed by atoms with E-state index in [0.29, 0.717) is 6.04 Å². The molecule has 0 saturated heterocycles. The molecule has 1 atom stereocenters. The molecule has 0 fully saturated rings. The van der Waals surface area contributed by atoms with Crippen molar-refractivity contribution < 1.29 is 14.6 Å². The zero-order valence-corrected chi connectivity index (χ0v) is 11.4. The molecule has 1 rings (SSSR count). The first kappa shape index (κ1) is 14.8. The van der Waals surface area contributed by atoms with Crippen molar-refractivity contribution in [2.45, 2.75) is 32.4 Å². The van der Waals surface area contributed by atoms with Gasteiger partial charge in [0.1, 0.15) is 0 Å². The second kappa shape index (κ2) is 7.95. The van der Waals surface area contributed by atoms with Crippen molar-refractivity contribution in [1.29, 1.82) is 0 Å². The Hall–Kier alpha value is -1.26. The number of hydrogen-bond donors (Lipinski definition) is 2. The van der Waals surface area contributed by atoms with Crippen LogP contribution in [0.25, 0.3) is 0 Å². The lowest BCUT2D eigenvalue weighted by molar-refractivity contribution is 0.262. The van der Waals surface area contributed by atoms with Crippen molar-refractivity contribution in [3.63, 3.8) is 0 Å². The SMILES string of the molecule is CCC(CCO)NCc1ccc(OC)c(OC)c1. The number of aliphatic hydroxyl groups excluding tert-OH is 1. The molecule has 0 aliphatic heterocycles. The molecule has 0 radical (unpaired) electrons. The Kier molecular flexibility index (Phi) is 6.54. The molecular formula is C14H23NO3. The van der Waals surface area contributed by atoms with E-state index in [-0.39, 0.29) is 6.61 Å². The van der Waals surface area contributed by atoms with E-state index >= 15 is 0 Å². The van der Waals surface area contributed by atoms with Gasteiger partial charge < -0.3 is 19.9 Å². The molecule has 0 saturated carbocycles. The Morgan fingerprint density at radius 3 is 2.50 bits per heavy atom. The molecule has 102 valence electrons. The molecule has 1 aromatic rings. The number of aliphatic hydroxyl groups is 1. The maximum Gasteiger partial charge on any atom is 0.161 e. The highest BCUT2D eigenvalue weighted by Gasteiger charge is 2.07. The van der Waals surface area contributed by atoms with E-state index in [1.54, 1.807) is 14.2 Å². The molecule has 1 aromatic carbocycles. The first-order chi connectivity index (χ1) is 8.74. The van der Waals surface area contributed by atoms with E-state index in [1.807, 2.05) is 18.2 Å². The van der Waals surface area contributed by atoms with Crippen LogP contribution in [-0.2, 0) is 6.54 Å². The minimum atomic E-state index is 0.220. The quantitative estimate of drug-likeness (QED) is 0.743. The summed E-state index contributed by atoms with van der Waals surface area (Å²) in [6.07, 6.45) is 1.79. The Morgan fingerprint density at radius 1 is 1.22 bits per heavy atom. The van der Waals surface area contributed by atoms with Gasteiger partial charge in [0.25, 0.3) is 0 Å². The normalized spacial score (nSPS) is 12.2. The Morgan fingerprint density at radius 2 is 1.94 bits per heavy atom. The second-order valence-electron chi connectivity index (χ2n) is 4.19. The van der Waals surface area contributed by atoms with E-state index < -0.39 is 0 Å². The molecule has 0 aliphatic carbocycles. The van der Waals surface area contributed by atoms with Crippen LogP contribution in [0.5, 0.6) is 11.5 Å². The number of rotatable bonds is 8. The van der Waals surface area contributed by atoms with Crippen LogP contribution in [0.3, 0.4) is 0 Å². The first-order valence-corrected chi connectivity index (χ1v) is 6.30. The predicted molar refractivity (Wildman–Crippen MR) is 72.2 cm³/mol. The number of hydrogen-bond acceptors (Lipinski definition) is 4. The summed E-state index contributed by atoms with van der Waals surface area (Å²) in [7, 11) is 3.26. The van der Waals surface area contributed by atoms with Gasteiger partial charge in [-0.15, -0.1) is 0 Å². The monoisotopic (exact) mass is 253 g/mol. The molecular weight excluding hydrogens is 230 g/mol. The molecule has 4 heteroatoms. The molecule has 1 unspecified atom stereocenters. The van der Waals surface area contributed by atoms with Crippen LogP contribution >= 0.6 is 0 Å². The Balaban J connectivity index is 2.61. The van der Waals surface area contributed by atoms with Crippen molar-refractivity contribution in [2.24, 2.45) is 0 Å². The first-order valence-electron chi connectivity index (χ1n) is 6.30. The van der Waals surface area contributed by atoms with Crippen LogP contribution in [0, 0.1) is 0 Å². The number of nitrogens with one attached hydrogen (secondary N) is 1. The maximum absolute atomic E-state index is 8.94. The molecule has 0 amide bonds. The minimum absolute atomic E-state index is 0.220. The van der Waals surface area contributed by atoms with E-state index in [1.165, 1.54) is 0 Å². The number of ether oxygens (including phenoxy) is 2. The largest absolute Gasteiger partial charge is 0.493 e. The van der Waals surface area contributed by atoms with Crippen LogP contribution in [0.15, 0.2) is 18.2 Å². The summed E-state index contributed by atoms with van der Waals surface area (Å²) in [6, 6.07) is 6.24. The number of benzene rings is 1. The van der Waals surface area contributed by atoms with Crippen molar-refractivity contribution >= 4 is 0 Å². The highest BCUT2D eigenvalue weighted by molar-refractivity contribution is 5.42. The maximum atomic E-state index is 8.94. The molecule has 0 heterocycles. The lowest BCUT2D eigenvalue weighted by Crippen LogP contribution is -2.28. The van der Waals surface area contributed by atoms with Crippen LogP contribution in [0.2, 0.25) is 0 Å². The topological polar surface area (TPSA) is 50.7 Å². The van der Waals surface area contributed by atoms with Gasteiger partial charge >= 0.3 is 0 Å². The summed E-state index contributed by atoms with van der Waals surface area (Å²) in [5, 5.41) is 12.4. The van der Waals surface area contributed by atoms with Gasteiger partial charge in [0.15, 0.2) is 11.5 Å². The predicted octanol–water partition coefficient (Wildman–Crippen LogP) is 1.95. The van der Waals surface area contributed by atoms with Gasteiger partial charge in [0, 0.05) is 19.2 Å². The van der Waals surface area contributed by atoms with Crippen molar-refractivity contribution in [1.82, 2.24) is 5.32 Å². The van der Waals surface area contributed by atoms with Crippen LogP contribution < -0.4 is 14.8 Å². The standard InChI is InChI=1S/C14H23NO3/c1-4-12(7-8-16)15-10-11-5-6-13(17-2)14(9-11)18-3/h5-6,9,12,15-16H,4,7-8,10H2,1-3H3. The summed E-state index contributed by atoms with van der Waals surface area (Å²) < 4.78 is 10.5. The van der Waals surface area contributed by atoms with E-state index in [4.69, 9.17) is 14.6 Å². The van der Waals surface area contributed by atoms with Crippen molar-refractivity contribution in [3.05, 3.63) is 23.8 Å². The summed E-state index contributed by atoms with van der Waals surface area (Å²) in [5.74, 6) is 1.48. The summed E-state index contributed by atoms with van der Waals surface area (Å²) >= 11 is 0. The van der Waals surface area contributed by atoms with Crippen LogP contribution in [0.1, 0.15) is 25.3 Å². The van der Waals surface area contributed by atoms with Crippen LogP contribution in [-0.4, -0.2) is 32.0 Å². The minimum Gasteiger partial charge on any atom is -0.493 e.